The molecular formula is C20H17NO6. The molecule has 27 heavy (non-hydrogen) atoms. The van der Waals surface area contributed by atoms with Gasteiger partial charge in [-0.1, -0.05) is 6.07 Å². The molecule has 0 saturated carbocycles. The lowest BCUT2D eigenvalue weighted by molar-refractivity contribution is 0.0599. The predicted octanol–water partition coefficient (Wildman–Crippen LogP) is 3.15. The van der Waals surface area contributed by atoms with E-state index in [1.165, 1.54) is 26.4 Å². The third-order valence-corrected chi connectivity index (χ3v) is 4.06. The van der Waals surface area contributed by atoms with Gasteiger partial charge in [0.15, 0.2) is 11.2 Å². The molecule has 0 radical (unpaired) electrons. The Morgan fingerprint density at radius 2 is 1.81 bits per heavy atom. The maximum atomic E-state index is 12.5. The van der Waals surface area contributed by atoms with Gasteiger partial charge in [-0.2, -0.15) is 0 Å². The molecule has 1 aromatic heterocycles. The Balaban J connectivity index is 1.94. The van der Waals surface area contributed by atoms with Crippen LogP contribution in [0.25, 0.3) is 11.0 Å². The van der Waals surface area contributed by atoms with Gasteiger partial charge in [-0.15, -0.1) is 0 Å². The third-order valence-electron chi connectivity index (χ3n) is 4.06. The largest absolute Gasteiger partial charge is 0.497 e. The van der Waals surface area contributed by atoms with Gasteiger partial charge >= 0.3 is 5.97 Å². The van der Waals surface area contributed by atoms with Gasteiger partial charge in [-0.3, -0.25) is 9.59 Å². The van der Waals surface area contributed by atoms with Gasteiger partial charge in [0.1, 0.15) is 11.3 Å². The van der Waals surface area contributed by atoms with Crippen molar-refractivity contribution in [2.45, 2.75) is 6.92 Å². The van der Waals surface area contributed by atoms with Crippen molar-refractivity contribution in [3.8, 4) is 5.75 Å². The summed E-state index contributed by atoms with van der Waals surface area (Å²) in [6.45, 7) is 1.76. The zero-order chi connectivity index (χ0) is 19.6. The Hall–Kier alpha value is -3.61. The first-order valence-electron chi connectivity index (χ1n) is 8.05. The standard InChI is InChI=1S/C20H17NO6/c1-11-4-5-12(8-15(11)20(24)26-3)21-19(23)18-10-16(22)14-7-6-13(25-2)9-17(14)27-18/h4-10H,1-3H3,(H,21,23). The number of fused-ring (bicyclic) bond motifs is 1. The maximum Gasteiger partial charge on any atom is 0.338 e. The summed E-state index contributed by atoms with van der Waals surface area (Å²) in [5.41, 5.74) is 1.32. The number of nitrogens with one attached hydrogen (secondary N) is 1. The molecule has 0 bridgehead atoms. The van der Waals surface area contributed by atoms with E-state index < -0.39 is 11.9 Å². The van der Waals surface area contributed by atoms with Crippen LogP contribution in [0.2, 0.25) is 0 Å². The Morgan fingerprint density at radius 1 is 1.04 bits per heavy atom. The number of methoxy groups -OCH3 is 2. The van der Waals surface area contributed by atoms with Crippen molar-refractivity contribution < 1.29 is 23.5 Å². The minimum atomic E-state index is -0.614. The van der Waals surface area contributed by atoms with Gasteiger partial charge in [0.05, 0.1) is 25.2 Å². The molecule has 3 rings (SSSR count). The zero-order valence-corrected chi connectivity index (χ0v) is 15.0. The molecule has 0 atom stereocenters. The van der Waals surface area contributed by atoms with E-state index in [0.29, 0.717) is 28.0 Å². The highest BCUT2D eigenvalue weighted by Gasteiger charge is 2.15. The summed E-state index contributed by atoms with van der Waals surface area (Å²) in [4.78, 5) is 36.5. The molecule has 1 N–H and O–H groups in total. The summed E-state index contributed by atoms with van der Waals surface area (Å²) in [6, 6.07) is 10.7. The normalized spacial score (nSPS) is 10.5. The summed E-state index contributed by atoms with van der Waals surface area (Å²) < 4.78 is 15.4. The molecule has 0 saturated heterocycles. The number of carbonyl (C=O) groups excluding carboxylic acids is 2. The van der Waals surface area contributed by atoms with E-state index in [2.05, 4.69) is 5.32 Å². The molecule has 7 nitrogen and oxygen atoms in total. The van der Waals surface area contributed by atoms with Crippen molar-refractivity contribution in [1.82, 2.24) is 0 Å². The maximum absolute atomic E-state index is 12.5. The Morgan fingerprint density at radius 3 is 2.52 bits per heavy atom. The van der Waals surface area contributed by atoms with E-state index >= 15 is 0 Å². The van der Waals surface area contributed by atoms with E-state index in [9.17, 15) is 14.4 Å². The number of amides is 1. The van der Waals surface area contributed by atoms with Crippen LogP contribution in [0.5, 0.6) is 5.75 Å². The van der Waals surface area contributed by atoms with Crippen molar-refractivity contribution in [3.05, 3.63) is 69.6 Å². The number of anilines is 1. The number of carbonyl (C=O) groups is 2. The van der Waals surface area contributed by atoms with Crippen LogP contribution in [0.1, 0.15) is 26.5 Å². The number of hydrogen-bond donors (Lipinski definition) is 1. The van der Waals surface area contributed by atoms with Crippen LogP contribution in [0.3, 0.4) is 0 Å². The first kappa shape index (κ1) is 18.2. The quantitative estimate of drug-likeness (QED) is 0.712. The summed E-state index contributed by atoms with van der Waals surface area (Å²) >= 11 is 0. The predicted molar refractivity (Wildman–Crippen MR) is 99.5 cm³/mol. The second kappa shape index (κ2) is 7.33. The first-order valence-corrected chi connectivity index (χ1v) is 8.05. The smallest absolute Gasteiger partial charge is 0.338 e. The number of esters is 1. The van der Waals surface area contributed by atoms with Crippen LogP contribution in [-0.4, -0.2) is 26.1 Å². The fraction of sp³-hybridized carbons (Fsp3) is 0.150. The average Bonchev–Trinajstić information content (AvgIpc) is 2.68. The Kier molecular flexibility index (Phi) is 4.94. The molecule has 1 amide bonds. The minimum Gasteiger partial charge on any atom is -0.497 e. The first-order chi connectivity index (χ1) is 12.9. The van der Waals surface area contributed by atoms with Gasteiger partial charge in [0.25, 0.3) is 5.91 Å². The number of benzene rings is 2. The van der Waals surface area contributed by atoms with Crippen molar-refractivity contribution >= 4 is 28.5 Å². The molecule has 0 aliphatic heterocycles. The van der Waals surface area contributed by atoms with E-state index in [1.54, 1.807) is 31.2 Å². The molecule has 138 valence electrons. The van der Waals surface area contributed by atoms with Gasteiger partial charge in [-0.25, -0.2) is 4.79 Å². The van der Waals surface area contributed by atoms with Crippen molar-refractivity contribution in [2.75, 3.05) is 19.5 Å². The Bertz CT molecular complexity index is 1100. The minimum absolute atomic E-state index is 0.152. The molecule has 0 aliphatic carbocycles. The number of aryl methyl sites for hydroxylation is 1. The summed E-state index contributed by atoms with van der Waals surface area (Å²) in [5.74, 6) is -0.769. The van der Waals surface area contributed by atoms with Crippen molar-refractivity contribution in [2.24, 2.45) is 0 Å². The lowest BCUT2D eigenvalue weighted by Crippen LogP contribution is -2.15. The summed E-state index contributed by atoms with van der Waals surface area (Å²) in [6.07, 6.45) is 0. The van der Waals surface area contributed by atoms with Crippen molar-refractivity contribution in [3.63, 3.8) is 0 Å². The fourth-order valence-electron chi connectivity index (χ4n) is 2.60. The molecule has 3 aromatic rings. The lowest BCUT2D eigenvalue weighted by Gasteiger charge is -2.09. The van der Waals surface area contributed by atoms with E-state index in [1.807, 2.05) is 0 Å². The van der Waals surface area contributed by atoms with Gasteiger partial charge < -0.3 is 19.2 Å². The summed E-state index contributed by atoms with van der Waals surface area (Å²) in [7, 11) is 2.77. The van der Waals surface area contributed by atoms with E-state index in [0.717, 1.165) is 6.07 Å². The second-order valence-electron chi connectivity index (χ2n) is 5.81. The van der Waals surface area contributed by atoms with Crippen LogP contribution in [0.4, 0.5) is 5.69 Å². The third kappa shape index (κ3) is 3.67. The molecule has 0 aliphatic rings. The van der Waals surface area contributed by atoms with E-state index in [-0.39, 0.29) is 16.8 Å². The van der Waals surface area contributed by atoms with Gasteiger partial charge in [0.2, 0.25) is 0 Å². The van der Waals surface area contributed by atoms with Crippen LogP contribution in [0.15, 0.2) is 51.7 Å². The number of ether oxygens (including phenoxy) is 2. The van der Waals surface area contributed by atoms with Gasteiger partial charge in [-0.05, 0) is 36.8 Å². The highest BCUT2D eigenvalue weighted by Crippen LogP contribution is 2.21. The lowest BCUT2D eigenvalue weighted by atomic mass is 10.1. The van der Waals surface area contributed by atoms with Crippen LogP contribution in [-0.2, 0) is 4.74 Å². The molecule has 0 spiro atoms. The van der Waals surface area contributed by atoms with E-state index in [4.69, 9.17) is 13.9 Å². The second-order valence-corrected chi connectivity index (χ2v) is 5.81. The molecule has 0 fully saturated rings. The van der Waals surface area contributed by atoms with Crippen LogP contribution < -0.4 is 15.5 Å². The highest BCUT2D eigenvalue weighted by molar-refractivity contribution is 6.03. The topological polar surface area (TPSA) is 94.8 Å². The summed E-state index contributed by atoms with van der Waals surface area (Å²) in [5, 5.41) is 2.96. The molecule has 7 heteroatoms. The number of hydrogen-bond acceptors (Lipinski definition) is 6. The molecule has 0 unspecified atom stereocenters. The van der Waals surface area contributed by atoms with Crippen LogP contribution in [0, 0.1) is 6.92 Å². The monoisotopic (exact) mass is 367 g/mol. The average molecular weight is 367 g/mol. The molecule has 2 aromatic carbocycles. The fourth-order valence-corrected chi connectivity index (χ4v) is 2.60. The van der Waals surface area contributed by atoms with Gasteiger partial charge in [0, 0.05) is 17.8 Å². The number of rotatable bonds is 4. The molecular weight excluding hydrogens is 350 g/mol. The zero-order valence-electron chi connectivity index (χ0n) is 15.0. The molecule has 1 heterocycles. The Labute approximate surface area is 154 Å². The van der Waals surface area contributed by atoms with Crippen molar-refractivity contribution in [1.29, 1.82) is 0 Å². The SMILES string of the molecule is COC(=O)c1cc(NC(=O)c2cc(=O)c3ccc(OC)cc3o2)ccc1C. The van der Waals surface area contributed by atoms with Crippen LogP contribution >= 0.6 is 0 Å². The highest BCUT2D eigenvalue weighted by atomic mass is 16.5.